The Morgan fingerprint density at radius 1 is 1.46 bits per heavy atom. The van der Waals surface area contributed by atoms with Gasteiger partial charge in [-0.1, -0.05) is 17.7 Å². The Morgan fingerprint density at radius 3 is 2.88 bits per heavy atom. The summed E-state index contributed by atoms with van der Waals surface area (Å²) in [4.78, 5) is 24.9. The molecule has 128 valence electrons. The topological polar surface area (TPSA) is 75.5 Å². The number of amides is 1. The van der Waals surface area contributed by atoms with Crippen LogP contribution in [0.5, 0.6) is 0 Å². The van der Waals surface area contributed by atoms with Gasteiger partial charge >= 0.3 is 6.09 Å². The van der Waals surface area contributed by atoms with Crippen molar-refractivity contribution >= 4 is 17.7 Å². The van der Waals surface area contributed by atoms with Crippen LogP contribution < -0.4 is 5.56 Å². The van der Waals surface area contributed by atoms with E-state index in [1.165, 1.54) is 25.3 Å². The third-order valence-electron chi connectivity index (χ3n) is 4.29. The fourth-order valence-electron chi connectivity index (χ4n) is 3.09. The molecular weight excluding hydrogens is 339 g/mol. The summed E-state index contributed by atoms with van der Waals surface area (Å²) in [6, 6.07) is 5.46. The van der Waals surface area contributed by atoms with Gasteiger partial charge in [-0.05, 0) is 30.5 Å². The zero-order chi connectivity index (χ0) is 17.3. The lowest BCUT2D eigenvalue weighted by Crippen LogP contribution is -2.40. The molecule has 6 nitrogen and oxygen atoms in total. The van der Waals surface area contributed by atoms with E-state index in [4.69, 9.17) is 20.9 Å². The van der Waals surface area contributed by atoms with Crippen LogP contribution >= 0.6 is 11.6 Å². The number of likely N-dealkylation sites (tertiary alicyclic amines) is 1. The van der Waals surface area contributed by atoms with Gasteiger partial charge in [-0.15, -0.1) is 0 Å². The van der Waals surface area contributed by atoms with E-state index in [-0.39, 0.29) is 16.5 Å². The minimum atomic E-state index is -0.547. The van der Waals surface area contributed by atoms with Crippen molar-refractivity contribution in [3.63, 3.8) is 0 Å². The van der Waals surface area contributed by atoms with Crippen molar-refractivity contribution in [3.8, 4) is 0 Å². The first kappa shape index (κ1) is 16.6. The molecule has 1 aromatic heterocycles. The molecular formula is C16H16ClFN2O4. The van der Waals surface area contributed by atoms with E-state index in [1.807, 2.05) is 0 Å². The second-order valence-corrected chi connectivity index (χ2v) is 6.10. The van der Waals surface area contributed by atoms with Crippen molar-refractivity contribution in [3.05, 3.63) is 56.8 Å². The van der Waals surface area contributed by atoms with Crippen LogP contribution in [0.4, 0.5) is 9.18 Å². The Bertz CT molecular complexity index is 803. The molecule has 0 bridgehead atoms. The fraction of sp³-hybridized carbons (Fsp3) is 0.375. The number of hydrogen-bond acceptors (Lipinski definition) is 4. The van der Waals surface area contributed by atoms with E-state index in [9.17, 15) is 14.0 Å². The van der Waals surface area contributed by atoms with Gasteiger partial charge in [-0.2, -0.15) is 5.16 Å². The molecule has 24 heavy (non-hydrogen) atoms. The number of aromatic nitrogens is 1. The number of methoxy groups -OCH3 is 1. The first-order valence-corrected chi connectivity index (χ1v) is 7.85. The predicted molar refractivity (Wildman–Crippen MR) is 84.6 cm³/mol. The number of nitrogens with zero attached hydrogens (tertiary/aromatic N) is 1. The number of halogens is 2. The Labute approximate surface area is 142 Å². The number of nitrogens with one attached hydrogen (secondary N) is 1. The number of aromatic amines is 1. The molecule has 3 rings (SSSR count). The number of carbonyl (C=O) groups is 1. The van der Waals surface area contributed by atoms with Gasteiger partial charge in [0.1, 0.15) is 11.6 Å². The average Bonchev–Trinajstić information content (AvgIpc) is 3.02. The van der Waals surface area contributed by atoms with Crippen LogP contribution in [-0.4, -0.2) is 29.8 Å². The number of piperidine rings is 1. The molecule has 8 heteroatoms. The number of H-pyrrole nitrogens is 1. The quantitative estimate of drug-likeness (QED) is 0.896. The van der Waals surface area contributed by atoms with Crippen LogP contribution in [0.2, 0.25) is 5.02 Å². The van der Waals surface area contributed by atoms with Gasteiger partial charge < -0.3 is 14.2 Å². The molecule has 1 N–H and O–H groups in total. The number of hydrogen-bond donors (Lipinski definition) is 1. The molecule has 2 heterocycles. The molecule has 2 atom stereocenters. The third-order valence-corrected chi connectivity index (χ3v) is 4.59. The summed E-state index contributed by atoms with van der Waals surface area (Å²) in [5.74, 6) is -0.0770. The van der Waals surface area contributed by atoms with Crippen LogP contribution in [0.3, 0.4) is 0 Å². The summed E-state index contributed by atoms with van der Waals surface area (Å²) >= 11 is 5.74. The van der Waals surface area contributed by atoms with E-state index in [0.717, 1.165) is 0 Å². The minimum Gasteiger partial charge on any atom is -0.453 e. The lowest BCUT2D eigenvalue weighted by Gasteiger charge is -2.38. The summed E-state index contributed by atoms with van der Waals surface area (Å²) in [7, 11) is 1.30. The first-order chi connectivity index (χ1) is 11.5. The van der Waals surface area contributed by atoms with Gasteiger partial charge in [-0.3, -0.25) is 4.79 Å². The van der Waals surface area contributed by atoms with Gasteiger partial charge in [0.15, 0.2) is 0 Å². The molecule has 1 aliphatic heterocycles. The van der Waals surface area contributed by atoms with E-state index in [0.29, 0.717) is 30.7 Å². The molecule has 0 aliphatic carbocycles. The van der Waals surface area contributed by atoms with Crippen molar-refractivity contribution in [1.29, 1.82) is 0 Å². The van der Waals surface area contributed by atoms with Gasteiger partial charge in [0, 0.05) is 18.5 Å². The average molecular weight is 355 g/mol. The molecule has 2 aromatic rings. The standard InChI is InChI=1S/C16H16ClFN2O4/c1-23-16(22)20-5-4-10(14-8-15(21)19-24-14)7-13(20)9-2-3-11(17)12(18)6-9/h2-3,6,8,10,13H,4-5,7H2,1H3,(H,19,21)/t10-,13-/m0/s1. The highest BCUT2D eigenvalue weighted by Crippen LogP contribution is 2.39. The molecule has 1 fully saturated rings. The number of carbonyl (C=O) groups excluding carboxylic acids is 1. The lowest BCUT2D eigenvalue weighted by atomic mass is 9.86. The lowest BCUT2D eigenvalue weighted by molar-refractivity contribution is 0.0814. The monoisotopic (exact) mass is 354 g/mol. The third kappa shape index (κ3) is 3.17. The summed E-state index contributed by atoms with van der Waals surface area (Å²) in [5, 5.41) is 2.29. The smallest absolute Gasteiger partial charge is 0.409 e. The maximum Gasteiger partial charge on any atom is 0.409 e. The SMILES string of the molecule is COC(=O)N1CC[C@H](c2cc(=O)[nH]o2)C[C@H]1c1ccc(Cl)c(F)c1. The van der Waals surface area contributed by atoms with Crippen molar-refractivity contribution in [2.24, 2.45) is 0 Å². The normalized spacial score (nSPS) is 20.9. The molecule has 1 aromatic carbocycles. The van der Waals surface area contributed by atoms with Crippen LogP contribution in [0.25, 0.3) is 0 Å². The highest BCUT2D eigenvalue weighted by atomic mass is 35.5. The molecule has 1 aliphatic rings. The molecule has 0 spiro atoms. The number of benzene rings is 1. The first-order valence-electron chi connectivity index (χ1n) is 7.47. The maximum absolute atomic E-state index is 13.8. The number of rotatable bonds is 2. The summed E-state index contributed by atoms with van der Waals surface area (Å²) in [5.41, 5.74) is 0.305. The molecule has 0 unspecified atom stereocenters. The van der Waals surface area contributed by atoms with Gasteiger partial charge in [0.2, 0.25) is 0 Å². The predicted octanol–water partition coefficient (Wildman–Crippen LogP) is 3.45. The van der Waals surface area contributed by atoms with Crippen molar-refractivity contribution in [2.75, 3.05) is 13.7 Å². The van der Waals surface area contributed by atoms with E-state index in [2.05, 4.69) is 5.16 Å². The number of ether oxygens (including phenoxy) is 1. The minimum absolute atomic E-state index is 0.0207. The van der Waals surface area contributed by atoms with Crippen LogP contribution in [0.1, 0.15) is 36.1 Å². The Balaban J connectivity index is 1.93. The van der Waals surface area contributed by atoms with E-state index in [1.54, 1.807) is 11.0 Å². The second kappa shape index (κ2) is 6.68. The Kier molecular flexibility index (Phi) is 4.62. The van der Waals surface area contributed by atoms with Crippen LogP contribution in [0.15, 0.2) is 33.6 Å². The highest BCUT2D eigenvalue weighted by Gasteiger charge is 2.35. The van der Waals surface area contributed by atoms with E-state index < -0.39 is 18.0 Å². The molecule has 0 radical (unpaired) electrons. The largest absolute Gasteiger partial charge is 0.453 e. The zero-order valence-corrected chi connectivity index (χ0v) is 13.7. The van der Waals surface area contributed by atoms with Gasteiger partial charge in [-0.25, -0.2) is 9.18 Å². The maximum atomic E-state index is 13.8. The van der Waals surface area contributed by atoms with E-state index >= 15 is 0 Å². The van der Waals surface area contributed by atoms with Crippen LogP contribution in [-0.2, 0) is 4.74 Å². The van der Waals surface area contributed by atoms with Crippen molar-refractivity contribution < 1.29 is 18.4 Å². The van der Waals surface area contributed by atoms with Gasteiger partial charge in [0.25, 0.3) is 5.56 Å². The Hall–Kier alpha value is -2.28. The van der Waals surface area contributed by atoms with Gasteiger partial charge in [0.05, 0.1) is 18.2 Å². The van der Waals surface area contributed by atoms with Crippen LogP contribution in [0, 0.1) is 5.82 Å². The van der Waals surface area contributed by atoms with Crippen molar-refractivity contribution in [1.82, 2.24) is 10.1 Å². The Morgan fingerprint density at radius 2 is 2.25 bits per heavy atom. The summed E-state index contributed by atoms with van der Waals surface area (Å²) in [6.45, 7) is 0.404. The fourth-order valence-corrected chi connectivity index (χ4v) is 3.21. The summed E-state index contributed by atoms with van der Waals surface area (Å²) in [6.07, 6.45) is 0.615. The second-order valence-electron chi connectivity index (χ2n) is 5.69. The van der Waals surface area contributed by atoms with Crippen molar-refractivity contribution in [2.45, 2.75) is 24.8 Å². The molecule has 0 saturated carbocycles. The molecule has 1 amide bonds. The molecule has 1 saturated heterocycles. The zero-order valence-electron chi connectivity index (χ0n) is 12.9. The highest BCUT2D eigenvalue weighted by molar-refractivity contribution is 6.30. The summed E-state index contributed by atoms with van der Waals surface area (Å²) < 4.78 is 23.8.